The molecule has 126 valence electrons. The van der Waals surface area contributed by atoms with Crippen LogP contribution in [0.5, 0.6) is 0 Å². The van der Waals surface area contributed by atoms with Crippen molar-refractivity contribution in [1.29, 1.82) is 0 Å². The van der Waals surface area contributed by atoms with Crippen molar-refractivity contribution in [2.45, 2.75) is 32.2 Å². The lowest BCUT2D eigenvalue weighted by Crippen LogP contribution is -2.27. The highest BCUT2D eigenvalue weighted by atomic mass is 16.1. The van der Waals surface area contributed by atoms with Crippen LogP contribution in [0.4, 0.5) is 0 Å². The number of benzene rings is 1. The molecule has 0 radical (unpaired) electrons. The first kappa shape index (κ1) is 15.6. The first-order valence-corrected chi connectivity index (χ1v) is 8.61. The van der Waals surface area contributed by atoms with Gasteiger partial charge in [0.05, 0.1) is 5.56 Å². The summed E-state index contributed by atoms with van der Waals surface area (Å²) in [6.07, 6.45) is 2.78. The van der Waals surface area contributed by atoms with Crippen LogP contribution in [0.3, 0.4) is 0 Å². The van der Waals surface area contributed by atoms with Gasteiger partial charge in [-0.3, -0.25) is 4.79 Å². The number of hydrogen-bond donors (Lipinski definition) is 1. The number of rotatable bonds is 4. The third kappa shape index (κ3) is 2.95. The number of carbonyl (C=O) groups is 1. The van der Waals surface area contributed by atoms with Gasteiger partial charge in [0.15, 0.2) is 0 Å². The Labute approximate surface area is 147 Å². The van der Waals surface area contributed by atoms with Crippen molar-refractivity contribution in [2.75, 3.05) is 0 Å². The van der Waals surface area contributed by atoms with Gasteiger partial charge >= 0.3 is 0 Å². The molecule has 4 heteroatoms. The monoisotopic (exact) mass is 331 g/mol. The Morgan fingerprint density at radius 1 is 1.12 bits per heavy atom. The number of amides is 1. The normalized spacial score (nSPS) is 18.8. The summed E-state index contributed by atoms with van der Waals surface area (Å²) in [5.74, 6) is 1.27. The van der Waals surface area contributed by atoms with Crippen LogP contribution in [0.2, 0.25) is 0 Å². The molecule has 2 atom stereocenters. The van der Waals surface area contributed by atoms with E-state index < -0.39 is 0 Å². The minimum absolute atomic E-state index is 0.00119. The molecule has 25 heavy (non-hydrogen) atoms. The molecule has 3 aromatic rings. The Morgan fingerprint density at radius 3 is 2.60 bits per heavy atom. The summed E-state index contributed by atoms with van der Waals surface area (Å²) in [5.41, 5.74) is 3.95. The van der Waals surface area contributed by atoms with Gasteiger partial charge in [0.1, 0.15) is 5.82 Å². The van der Waals surface area contributed by atoms with E-state index in [0.717, 1.165) is 29.2 Å². The van der Waals surface area contributed by atoms with Crippen molar-refractivity contribution in [2.24, 2.45) is 0 Å². The molecular weight excluding hydrogens is 310 g/mol. The molecule has 2 heterocycles. The summed E-state index contributed by atoms with van der Waals surface area (Å²) < 4.78 is 2.02. The summed E-state index contributed by atoms with van der Waals surface area (Å²) in [7, 11) is 0. The molecular formula is C21H21N3O. The molecule has 1 aliphatic carbocycles. The predicted molar refractivity (Wildman–Crippen MR) is 98.1 cm³/mol. The molecule has 4 rings (SSSR count). The molecule has 2 aromatic heterocycles. The first-order chi connectivity index (χ1) is 12.1. The number of nitrogens with zero attached hydrogens (tertiary/aromatic N) is 2. The van der Waals surface area contributed by atoms with Crippen LogP contribution in [0.25, 0.3) is 5.82 Å². The Hall–Kier alpha value is -2.88. The molecule has 1 aromatic carbocycles. The minimum atomic E-state index is -0.00119. The van der Waals surface area contributed by atoms with Crippen molar-refractivity contribution in [3.63, 3.8) is 0 Å². The summed E-state index contributed by atoms with van der Waals surface area (Å²) in [6, 6.07) is 18.3. The molecule has 1 amide bonds. The van der Waals surface area contributed by atoms with Gasteiger partial charge in [-0.2, -0.15) is 0 Å². The van der Waals surface area contributed by atoms with Gasteiger partial charge in [0.2, 0.25) is 0 Å². The van der Waals surface area contributed by atoms with Gasteiger partial charge in [0, 0.05) is 29.5 Å². The highest BCUT2D eigenvalue weighted by Crippen LogP contribution is 2.40. The van der Waals surface area contributed by atoms with Crippen LogP contribution < -0.4 is 5.32 Å². The number of pyridine rings is 1. The zero-order valence-corrected chi connectivity index (χ0v) is 14.4. The quantitative estimate of drug-likeness (QED) is 0.791. The van der Waals surface area contributed by atoms with Gasteiger partial charge in [-0.05, 0) is 44.0 Å². The number of aryl methyl sites for hydroxylation is 1. The lowest BCUT2D eigenvalue weighted by molar-refractivity contribution is 0.0949. The van der Waals surface area contributed by atoms with Crippen LogP contribution >= 0.6 is 0 Å². The Kier molecular flexibility index (Phi) is 3.88. The fraction of sp³-hybridized carbons (Fsp3) is 0.238. The van der Waals surface area contributed by atoms with Crippen LogP contribution in [-0.2, 0) is 0 Å². The lowest BCUT2D eigenvalue weighted by Gasteiger charge is -2.09. The van der Waals surface area contributed by atoms with E-state index in [4.69, 9.17) is 0 Å². The second-order valence-corrected chi connectivity index (χ2v) is 6.64. The van der Waals surface area contributed by atoms with E-state index in [2.05, 4.69) is 22.4 Å². The maximum Gasteiger partial charge on any atom is 0.253 e. The Balaban J connectivity index is 1.52. The van der Waals surface area contributed by atoms with Crippen molar-refractivity contribution in [3.05, 3.63) is 83.3 Å². The summed E-state index contributed by atoms with van der Waals surface area (Å²) in [5, 5.41) is 3.18. The standard InChI is InChI=1S/C21H21N3O/c1-14-12-17(15(2)24(14)20-10-6-7-11-22-20)21(25)23-19-13-18(19)16-8-4-3-5-9-16/h3-12,18-19H,13H2,1-2H3,(H,23,25)/t18-,19-/m0/s1. The van der Waals surface area contributed by atoms with E-state index in [1.54, 1.807) is 6.20 Å². The van der Waals surface area contributed by atoms with E-state index in [9.17, 15) is 4.79 Å². The molecule has 0 unspecified atom stereocenters. The van der Waals surface area contributed by atoms with E-state index in [1.807, 2.05) is 60.9 Å². The maximum absolute atomic E-state index is 12.7. The topological polar surface area (TPSA) is 46.9 Å². The first-order valence-electron chi connectivity index (χ1n) is 8.61. The van der Waals surface area contributed by atoms with Crippen molar-refractivity contribution >= 4 is 5.91 Å². The molecule has 4 nitrogen and oxygen atoms in total. The lowest BCUT2D eigenvalue weighted by atomic mass is 10.1. The van der Waals surface area contributed by atoms with Crippen molar-refractivity contribution in [3.8, 4) is 5.82 Å². The largest absolute Gasteiger partial charge is 0.349 e. The van der Waals surface area contributed by atoms with Crippen LogP contribution in [0.15, 0.2) is 60.8 Å². The summed E-state index contributed by atoms with van der Waals surface area (Å²) in [6.45, 7) is 3.97. The van der Waals surface area contributed by atoms with Gasteiger partial charge in [-0.15, -0.1) is 0 Å². The maximum atomic E-state index is 12.7. The fourth-order valence-electron chi connectivity index (χ4n) is 3.50. The second kappa shape index (κ2) is 6.20. The van der Waals surface area contributed by atoms with Crippen LogP contribution in [-0.4, -0.2) is 21.5 Å². The Bertz CT molecular complexity index is 900. The third-order valence-electron chi connectivity index (χ3n) is 4.89. The van der Waals surface area contributed by atoms with Crippen LogP contribution in [0, 0.1) is 13.8 Å². The smallest absolute Gasteiger partial charge is 0.253 e. The summed E-state index contributed by atoms with van der Waals surface area (Å²) >= 11 is 0. The highest BCUT2D eigenvalue weighted by molar-refractivity contribution is 5.96. The number of hydrogen-bond acceptors (Lipinski definition) is 2. The fourth-order valence-corrected chi connectivity index (χ4v) is 3.50. The number of carbonyl (C=O) groups excluding carboxylic acids is 1. The highest BCUT2D eigenvalue weighted by Gasteiger charge is 2.39. The van der Waals surface area contributed by atoms with E-state index in [0.29, 0.717) is 5.92 Å². The molecule has 0 saturated heterocycles. The molecule has 0 aliphatic heterocycles. The average molecular weight is 331 g/mol. The van der Waals surface area contributed by atoms with Gasteiger partial charge in [0.25, 0.3) is 5.91 Å². The molecule has 1 aliphatic rings. The zero-order chi connectivity index (χ0) is 17.4. The number of nitrogens with one attached hydrogen (secondary N) is 1. The molecule has 0 spiro atoms. The molecule has 1 saturated carbocycles. The molecule has 0 bridgehead atoms. The van der Waals surface area contributed by atoms with E-state index in [1.165, 1.54) is 5.56 Å². The number of aromatic nitrogens is 2. The van der Waals surface area contributed by atoms with Gasteiger partial charge in [-0.1, -0.05) is 36.4 Å². The van der Waals surface area contributed by atoms with Crippen molar-refractivity contribution < 1.29 is 4.79 Å². The zero-order valence-electron chi connectivity index (χ0n) is 14.4. The van der Waals surface area contributed by atoms with Crippen LogP contribution in [0.1, 0.15) is 39.6 Å². The summed E-state index contributed by atoms with van der Waals surface area (Å²) in [4.78, 5) is 17.1. The second-order valence-electron chi connectivity index (χ2n) is 6.64. The minimum Gasteiger partial charge on any atom is -0.349 e. The van der Waals surface area contributed by atoms with E-state index >= 15 is 0 Å². The Morgan fingerprint density at radius 2 is 1.88 bits per heavy atom. The third-order valence-corrected chi connectivity index (χ3v) is 4.89. The molecule has 1 fully saturated rings. The van der Waals surface area contributed by atoms with Crippen molar-refractivity contribution in [1.82, 2.24) is 14.9 Å². The van der Waals surface area contributed by atoms with Gasteiger partial charge in [-0.25, -0.2) is 4.98 Å². The predicted octanol–water partition coefficient (Wildman–Crippen LogP) is 3.78. The SMILES string of the molecule is Cc1cc(C(=O)N[C@H]2C[C@H]2c2ccccc2)c(C)n1-c1ccccn1. The van der Waals surface area contributed by atoms with E-state index in [-0.39, 0.29) is 11.9 Å². The molecule has 1 N–H and O–H groups in total. The average Bonchev–Trinajstić information content (AvgIpc) is 3.33. The van der Waals surface area contributed by atoms with Gasteiger partial charge < -0.3 is 9.88 Å².